The third-order valence-electron chi connectivity index (χ3n) is 5.25. The van der Waals surface area contributed by atoms with Crippen LogP contribution in [0.5, 0.6) is 5.75 Å². The summed E-state index contributed by atoms with van der Waals surface area (Å²) < 4.78 is 42.2. The Hall–Kier alpha value is -3.24. The van der Waals surface area contributed by atoms with E-state index >= 15 is 0 Å². The van der Waals surface area contributed by atoms with Crippen LogP contribution in [0.4, 0.5) is 10.1 Å². The summed E-state index contributed by atoms with van der Waals surface area (Å²) in [6.07, 6.45) is 1.47. The summed E-state index contributed by atoms with van der Waals surface area (Å²) >= 11 is 0. The normalized spacial score (nSPS) is 13.6. The van der Waals surface area contributed by atoms with Crippen LogP contribution < -0.4 is 9.03 Å². The van der Waals surface area contributed by atoms with E-state index in [4.69, 9.17) is 0 Å². The number of benzene rings is 2. The second-order valence-electron chi connectivity index (χ2n) is 7.21. The first-order valence-electron chi connectivity index (χ1n) is 9.64. The highest BCUT2D eigenvalue weighted by Crippen LogP contribution is 2.44. The Morgan fingerprint density at radius 2 is 1.97 bits per heavy atom. The van der Waals surface area contributed by atoms with E-state index < -0.39 is 16.1 Å². The Balaban J connectivity index is 1.86. The van der Waals surface area contributed by atoms with Gasteiger partial charge in [0.1, 0.15) is 11.3 Å². The van der Waals surface area contributed by atoms with Gasteiger partial charge in [-0.25, -0.2) is 4.39 Å². The highest BCUT2D eigenvalue weighted by molar-refractivity contribution is 7.90. The molecule has 1 aromatic heterocycles. The zero-order chi connectivity index (χ0) is 22.3. The van der Waals surface area contributed by atoms with Crippen molar-refractivity contribution in [3.8, 4) is 5.75 Å². The van der Waals surface area contributed by atoms with Gasteiger partial charge in [-0.3, -0.25) is 14.1 Å². The lowest BCUT2D eigenvalue weighted by molar-refractivity contribution is 0.0764. The molecule has 10 heteroatoms. The number of nitrogens with one attached hydrogen (secondary N) is 1. The number of phenolic OH excluding ortho intramolecular Hbond substituents is 1. The van der Waals surface area contributed by atoms with Crippen molar-refractivity contribution in [3.05, 3.63) is 65.1 Å². The van der Waals surface area contributed by atoms with E-state index in [0.29, 0.717) is 16.5 Å². The van der Waals surface area contributed by atoms with E-state index in [-0.39, 0.29) is 48.0 Å². The summed E-state index contributed by atoms with van der Waals surface area (Å²) in [5, 5.41) is 11.2. The topological polar surface area (TPSA) is 103 Å². The first-order chi connectivity index (χ1) is 14.7. The lowest BCUT2D eigenvalue weighted by Crippen LogP contribution is -2.38. The molecule has 162 valence electrons. The molecule has 0 saturated heterocycles. The van der Waals surface area contributed by atoms with Crippen LogP contribution in [0, 0.1) is 5.82 Å². The molecule has 1 aliphatic heterocycles. The molecular weight excluding hydrogens is 423 g/mol. The Bertz CT molecular complexity index is 1280. The maximum Gasteiger partial charge on any atom is 0.301 e. The number of halogens is 1. The molecule has 0 fully saturated rings. The van der Waals surface area contributed by atoms with Gasteiger partial charge in [-0.15, -0.1) is 0 Å². The number of pyridine rings is 1. The Kier molecular flexibility index (Phi) is 5.28. The molecule has 2 heterocycles. The molecule has 2 aromatic carbocycles. The van der Waals surface area contributed by atoms with Gasteiger partial charge in [-0.2, -0.15) is 13.1 Å². The van der Waals surface area contributed by atoms with Crippen molar-refractivity contribution in [1.29, 1.82) is 0 Å². The third-order valence-corrected chi connectivity index (χ3v) is 6.81. The molecule has 0 aliphatic carbocycles. The second-order valence-corrected chi connectivity index (χ2v) is 8.99. The number of hydrogen-bond donors (Lipinski definition) is 2. The van der Waals surface area contributed by atoms with Crippen LogP contribution in [0.1, 0.15) is 28.4 Å². The summed E-state index contributed by atoms with van der Waals surface area (Å²) in [4.78, 5) is 18.8. The minimum Gasteiger partial charge on any atom is -0.505 e. The predicted octanol–water partition coefficient (Wildman–Crippen LogP) is 2.53. The quantitative estimate of drug-likeness (QED) is 0.608. The van der Waals surface area contributed by atoms with Crippen LogP contribution in [0.2, 0.25) is 0 Å². The average Bonchev–Trinajstić information content (AvgIpc) is 3.06. The third kappa shape index (κ3) is 3.57. The molecule has 0 atom stereocenters. The van der Waals surface area contributed by atoms with Crippen LogP contribution in [-0.2, 0) is 23.3 Å². The van der Waals surface area contributed by atoms with Gasteiger partial charge >= 0.3 is 10.2 Å². The minimum absolute atomic E-state index is 0.0295. The number of aromatic nitrogens is 1. The predicted molar refractivity (Wildman–Crippen MR) is 114 cm³/mol. The van der Waals surface area contributed by atoms with E-state index in [0.717, 1.165) is 4.31 Å². The SMILES string of the molecule is CCNS(=O)(=O)N(C)c1c2c(c(O)c3ncccc13)C(=O)N(Cc1ccc(F)cc1)C2. The van der Waals surface area contributed by atoms with Gasteiger partial charge in [-0.05, 0) is 29.8 Å². The van der Waals surface area contributed by atoms with Crippen LogP contribution in [0.15, 0.2) is 42.6 Å². The van der Waals surface area contributed by atoms with Gasteiger partial charge < -0.3 is 10.0 Å². The van der Waals surface area contributed by atoms with E-state index in [9.17, 15) is 22.7 Å². The van der Waals surface area contributed by atoms with E-state index in [1.165, 1.54) is 30.3 Å². The van der Waals surface area contributed by atoms with Crippen molar-refractivity contribution in [1.82, 2.24) is 14.6 Å². The number of rotatable bonds is 6. The Morgan fingerprint density at radius 1 is 1.26 bits per heavy atom. The molecule has 1 amide bonds. The Labute approximate surface area is 179 Å². The molecule has 31 heavy (non-hydrogen) atoms. The van der Waals surface area contributed by atoms with Crippen molar-refractivity contribution < 1.29 is 22.7 Å². The van der Waals surface area contributed by atoms with Crippen LogP contribution in [0.25, 0.3) is 10.9 Å². The molecule has 0 radical (unpaired) electrons. The van der Waals surface area contributed by atoms with Crippen molar-refractivity contribution in [2.24, 2.45) is 0 Å². The molecular formula is C21H21FN4O4S. The van der Waals surface area contributed by atoms with Crippen molar-refractivity contribution in [3.63, 3.8) is 0 Å². The smallest absolute Gasteiger partial charge is 0.301 e. The van der Waals surface area contributed by atoms with Gasteiger partial charge in [0.15, 0.2) is 5.75 Å². The first kappa shape index (κ1) is 21.0. The lowest BCUT2D eigenvalue weighted by atomic mass is 10.0. The van der Waals surface area contributed by atoms with Gasteiger partial charge in [0.05, 0.1) is 11.3 Å². The molecule has 2 N–H and O–H groups in total. The number of carbonyl (C=O) groups is 1. The fraction of sp³-hybridized carbons (Fsp3) is 0.238. The fourth-order valence-corrected chi connectivity index (χ4v) is 4.84. The summed E-state index contributed by atoms with van der Waals surface area (Å²) in [6, 6.07) is 9.06. The first-order valence-corrected chi connectivity index (χ1v) is 11.1. The van der Waals surface area contributed by atoms with Crippen molar-refractivity contribution >= 4 is 32.7 Å². The lowest BCUT2D eigenvalue weighted by Gasteiger charge is -2.24. The summed E-state index contributed by atoms with van der Waals surface area (Å²) in [6.45, 7) is 2.13. The van der Waals surface area contributed by atoms with Crippen LogP contribution >= 0.6 is 0 Å². The molecule has 0 spiro atoms. The van der Waals surface area contributed by atoms with E-state index in [1.54, 1.807) is 31.2 Å². The van der Waals surface area contributed by atoms with Gasteiger partial charge in [0, 0.05) is 43.8 Å². The van der Waals surface area contributed by atoms with E-state index in [1.807, 2.05) is 0 Å². The largest absolute Gasteiger partial charge is 0.505 e. The van der Waals surface area contributed by atoms with Gasteiger partial charge in [0.25, 0.3) is 5.91 Å². The number of fused-ring (bicyclic) bond motifs is 2. The Morgan fingerprint density at radius 3 is 2.65 bits per heavy atom. The van der Waals surface area contributed by atoms with Crippen LogP contribution in [0.3, 0.4) is 0 Å². The molecule has 8 nitrogen and oxygen atoms in total. The summed E-state index contributed by atoms with van der Waals surface area (Å²) in [5.74, 6) is -1.11. The number of anilines is 1. The minimum atomic E-state index is -3.89. The zero-order valence-corrected chi connectivity index (χ0v) is 17.8. The van der Waals surface area contributed by atoms with Crippen molar-refractivity contribution in [2.45, 2.75) is 20.0 Å². The van der Waals surface area contributed by atoms with Crippen LogP contribution in [-0.4, -0.2) is 42.9 Å². The zero-order valence-electron chi connectivity index (χ0n) is 17.0. The number of carbonyl (C=O) groups excluding carboxylic acids is 1. The maximum atomic E-state index is 13.2. The molecule has 1 aliphatic rings. The molecule has 0 bridgehead atoms. The number of phenols is 1. The highest BCUT2D eigenvalue weighted by atomic mass is 32.2. The number of amides is 1. The van der Waals surface area contributed by atoms with Gasteiger partial charge in [0.2, 0.25) is 0 Å². The monoisotopic (exact) mass is 444 g/mol. The highest BCUT2D eigenvalue weighted by Gasteiger charge is 2.37. The number of aromatic hydroxyl groups is 1. The molecule has 3 aromatic rings. The maximum absolute atomic E-state index is 13.2. The number of hydrogen-bond acceptors (Lipinski definition) is 5. The molecule has 0 saturated carbocycles. The fourth-order valence-electron chi connectivity index (χ4n) is 3.83. The second kappa shape index (κ2) is 7.78. The number of nitrogens with zero attached hydrogens (tertiary/aromatic N) is 3. The summed E-state index contributed by atoms with van der Waals surface area (Å²) in [7, 11) is -2.49. The van der Waals surface area contributed by atoms with Gasteiger partial charge in [-0.1, -0.05) is 19.1 Å². The molecule has 4 rings (SSSR count). The van der Waals surface area contributed by atoms with E-state index in [2.05, 4.69) is 9.71 Å². The van der Waals surface area contributed by atoms with Crippen molar-refractivity contribution in [2.75, 3.05) is 17.9 Å². The average molecular weight is 444 g/mol. The molecule has 0 unspecified atom stereocenters. The summed E-state index contributed by atoms with van der Waals surface area (Å²) in [5.41, 5.74) is 1.56. The standard InChI is InChI=1S/C21H21FN4O4S/c1-3-24-31(29,30)25(2)19-15-5-4-10-23-18(15)20(27)17-16(19)12-26(21(17)28)11-13-6-8-14(22)9-7-13/h4-10,24,27H,3,11-12H2,1-2H3.